The Hall–Kier alpha value is -2.36. The summed E-state index contributed by atoms with van der Waals surface area (Å²) in [6.45, 7) is 10.4. The van der Waals surface area contributed by atoms with Gasteiger partial charge < -0.3 is 9.47 Å². The summed E-state index contributed by atoms with van der Waals surface area (Å²) in [4.78, 5) is 24.0. The number of hydrogen-bond acceptors (Lipinski definition) is 4. The van der Waals surface area contributed by atoms with E-state index in [2.05, 4.69) is 13.2 Å². The molecule has 1 aromatic carbocycles. The molecule has 0 aliphatic carbocycles. The van der Waals surface area contributed by atoms with Gasteiger partial charge in [0.25, 0.3) is 0 Å². The fraction of sp³-hybridized carbons (Fsp3) is 0.250. The minimum Gasteiger partial charge on any atom is -0.455 e. The molecule has 106 valence electrons. The summed E-state index contributed by atoms with van der Waals surface area (Å²) in [7, 11) is 0. The Bertz CT molecular complexity index is 472. The number of rotatable bonds is 6. The third kappa shape index (κ3) is 4.09. The monoisotopic (exact) mass is 274 g/mol. The molecule has 0 spiro atoms. The van der Waals surface area contributed by atoms with E-state index in [0.29, 0.717) is 0 Å². The first kappa shape index (κ1) is 15.7. The zero-order chi connectivity index (χ0) is 15.1. The molecule has 0 aromatic heterocycles. The predicted molar refractivity (Wildman–Crippen MR) is 76.6 cm³/mol. The molecular weight excluding hydrogens is 256 g/mol. The number of carbonyl (C=O) groups is 2. The molecule has 2 unspecified atom stereocenters. The van der Waals surface area contributed by atoms with Crippen LogP contribution < -0.4 is 0 Å². The second kappa shape index (κ2) is 7.28. The summed E-state index contributed by atoms with van der Waals surface area (Å²) in [6, 6.07) is 6.35. The van der Waals surface area contributed by atoms with Gasteiger partial charge >= 0.3 is 11.9 Å². The van der Waals surface area contributed by atoms with Gasteiger partial charge in [0.2, 0.25) is 0 Å². The van der Waals surface area contributed by atoms with Crippen molar-refractivity contribution in [2.24, 2.45) is 0 Å². The molecule has 0 N–H and O–H groups in total. The molecule has 0 heterocycles. The van der Waals surface area contributed by atoms with Crippen LogP contribution in [0, 0.1) is 0 Å². The van der Waals surface area contributed by atoms with Crippen molar-refractivity contribution >= 4 is 11.9 Å². The van der Waals surface area contributed by atoms with Crippen molar-refractivity contribution in [3.8, 4) is 0 Å². The van der Waals surface area contributed by atoms with Crippen LogP contribution in [0.3, 0.4) is 0 Å². The van der Waals surface area contributed by atoms with Crippen LogP contribution in [0.2, 0.25) is 0 Å². The molecule has 0 saturated carbocycles. The first-order valence-electron chi connectivity index (χ1n) is 6.25. The lowest BCUT2D eigenvalue weighted by molar-refractivity contribution is 0.0376. The molecule has 0 bridgehead atoms. The lowest BCUT2D eigenvalue weighted by Crippen LogP contribution is -2.19. The first-order valence-corrected chi connectivity index (χ1v) is 6.25. The van der Waals surface area contributed by atoms with Gasteiger partial charge in [-0.15, -0.1) is 0 Å². The van der Waals surface area contributed by atoms with Crippen molar-refractivity contribution in [3.05, 3.63) is 60.7 Å². The number of esters is 2. The molecule has 2 atom stereocenters. The minimum atomic E-state index is -0.587. The van der Waals surface area contributed by atoms with E-state index in [1.165, 1.54) is 24.3 Å². The molecule has 1 rings (SSSR count). The number of carbonyl (C=O) groups excluding carboxylic acids is 2. The van der Waals surface area contributed by atoms with Crippen LogP contribution in [0.5, 0.6) is 0 Å². The average molecular weight is 274 g/mol. The average Bonchev–Trinajstić information content (AvgIpc) is 2.46. The molecule has 1 aromatic rings. The van der Waals surface area contributed by atoms with Crippen molar-refractivity contribution in [3.63, 3.8) is 0 Å². The summed E-state index contributed by atoms with van der Waals surface area (Å²) in [5.74, 6) is -1.17. The Morgan fingerprint density at radius 1 is 0.950 bits per heavy atom. The molecule has 20 heavy (non-hydrogen) atoms. The molecule has 0 radical (unpaired) electrons. The van der Waals surface area contributed by atoms with E-state index < -0.39 is 24.1 Å². The Morgan fingerprint density at radius 3 is 1.60 bits per heavy atom. The van der Waals surface area contributed by atoms with Crippen LogP contribution >= 0.6 is 0 Å². The highest BCUT2D eigenvalue weighted by Gasteiger charge is 2.20. The van der Waals surface area contributed by atoms with Gasteiger partial charge in [-0.25, -0.2) is 9.59 Å². The summed E-state index contributed by atoms with van der Waals surface area (Å²) < 4.78 is 10.2. The largest absolute Gasteiger partial charge is 0.455 e. The Morgan fingerprint density at radius 2 is 1.30 bits per heavy atom. The zero-order valence-electron chi connectivity index (χ0n) is 11.7. The van der Waals surface area contributed by atoms with Gasteiger partial charge in [0.05, 0.1) is 11.1 Å². The van der Waals surface area contributed by atoms with Gasteiger partial charge in [-0.2, -0.15) is 0 Å². The number of ether oxygens (including phenoxy) is 2. The van der Waals surface area contributed by atoms with E-state index in [9.17, 15) is 9.59 Å². The van der Waals surface area contributed by atoms with Crippen LogP contribution in [0.25, 0.3) is 0 Å². The van der Waals surface area contributed by atoms with E-state index in [4.69, 9.17) is 9.47 Å². The van der Waals surface area contributed by atoms with E-state index >= 15 is 0 Å². The lowest BCUT2D eigenvalue weighted by atomic mass is 10.1. The molecule has 0 aliphatic heterocycles. The maximum atomic E-state index is 12.0. The van der Waals surface area contributed by atoms with Gasteiger partial charge in [-0.3, -0.25) is 0 Å². The Balaban J connectivity index is 2.98. The van der Waals surface area contributed by atoms with Crippen molar-refractivity contribution in [1.29, 1.82) is 0 Å². The number of hydrogen-bond donors (Lipinski definition) is 0. The lowest BCUT2D eigenvalue weighted by Gasteiger charge is -2.13. The van der Waals surface area contributed by atoms with E-state index in [-0.39, 0.29) is 11.1 Å². The summed E-state index contributed by atoms with van der Waals surface area (Å²) in [5.41, 5.74) is 0.338. The number of benzene rings is 1. The highest BCUT2D eigenvalue weighted by atomic mass is 16.5. The molecule has 0 saturated heterocycles. The first-order chi connectivity index (χ1) is 9.49. The van der Waals surface area contributed by atoms with Crippen LogP contribution in [-0.2, 0) is 9.47 Å². The SMILES string of the molecule is C=CC(C)OC(=O)c1ccccc1C(=O)OC(C)C=C. The van der Waals surface area contributed by atoms with Gasteiger partial charge in [0, 0.05) is 0 Å². The maximum Gasteiger partial charge on any atom is 0.339 e. The van der Waals surface area contributed by atoms with Crippen LogP contribution in [0.15, 0.2) is 49.6 Å². The fourth-order valence-electron chi connectivity index (χ4n) is 1.40. The van der Waals surface area contributed by atoms with Crippen LogP contribution in [-0.4, -0.2) is 24.1 Å². The van der Waals surface area contributed by atoms with Crippen LogP contribution in [0.4, 0.5) is 0 Å². The standard InChI is InChI=1S/C16H18O4/c1-5-11(3)19-15(17)13-9-7-8-10-14(13)16(18)20-12(4)6-2/h5-12H,1-2H2,3-4H3. The van der Waals surface area contributed by atoms with E-state index in [1.807, 2.05) is 0 Å². The zero-order valence-corrected chi connectivity index (χ0v) is 11.7. The van der Waals surface area contributed by atoms with Crippen molar-refractivity contribution in [1.82, 2.24) is 0 Å². The maximum absolute atomic E-state index is 12.0. The molecule has 4 nitrogen and oxygen atoms in total. The predicted octanol–water partition coefficient (Wildman–Crippen LogP) is 3.15. The molecule has 0 amide bonds. The van der Waals surface area contributed by atoms with Gasteiger partial charge in [-0.05, 0) is 26.0 Å². The van der Waals surface area contributed by atoms with E-state index in [0.717, 1.165) is 0 Å². The van der Waals surface area contributed by atoms with Crippen molar-refractivity contribution in [2.45, 2.75) is 26.1 Å². The van der Waals surface area contributed by atoms with Crippen molar-refractivity contribution in [2.75, 3.05) is 0 Å². The summed E-state index contributed by atoms with van der Waals surface area (Å²) >= 11 is 0. The second-order valence-electron chi connectivity index (χ2n) is 4.24. The highest BCUT2D eigenvalue weighted by Crippen LogP contribution is 2.14. The topological polar surface area (TPSA) is 52.6 Å². The van der Waals surface area contributed by atoms with Gasteiger partial charge in [0.1, 0.15) is 12.2 Å². The minimum absolute atomic E-state index is 0.169. The summed E-state index contributed by atoms with van der Waals surface area (Å²) in [6.07, 6.45) is 2.13. The fourth-order valence-corrected chi connectivity index (χ4v) is 1.40. The smallest absolute Gasteiger partial charge is 0.339 e. The third-order valence-corrected chi connectivity index (χ3v) is 2.62. The summed E-state index contributed by atoms with van der Waals surface area (Å²) in [5, 5.41) is 0. The third-order valence-electron chi connectivity index (χ3n) is 2.62. The molecule has 0 fully saturated rings. The van der Waals surface area contributed by atoms with Gasteiger partial charge in [0.15, 0.2) is 0 Å². The quantitative estimate of drug-likeness (QED) is 0.590. The second-order valence-corrected chi connectivity index (χ2v) is 4.24. The molecule has 4 heteroatoms. The van der Waals surface area contributed by atoms with Crippen LogP contribution in [0.1, 0.15) is 34.6 Å². The van der Waals surface area contributed by atoms with Crippen molar-refractivity contribution < 1.29 is 19.1 Å². The van der Waals surface area contributed by atoms with E-state index in [1.54, 1.807) is 26.0 Å². The highest BCUT2D eigenvalue weighted by molar-refractivity contribution is 6.03. The molecular formula is C16H18O4. The van der Waals surface area contributed by atoms with Gasteiger partial charge in [-0.1, -0.05) is 37.4 Å². The Labute approximate surface area is 118 Å². The Kier molecular flexibility index (Phi) is 5.72. The normalized spacial score (nSPS) is 12.9. The molecule has 0 aliphatic rings.